The highest BCUT2D eigenvalue weighted by Crippen LogP contribution is 2.66. The Balaban J connectivity index is 1.60. The second-order valence-corrected chi connectivity index (χ2v) is 12.0. The van der Waals surface area contributed by atoms with E-state index in [9.17, 15) is 9.59 Å². The van der Waals surface area contributed by atoms with Gasteiger partial charge in [0.2, 0.25) is 5.91 Å². The first-order valence-electron chi connectivity index (χ1n) is 10.3. The van der Waals surface area contributed by atoms with Crippen molar-refractivity contribution in [3.05, 3.63) is 74.8 Å². The molecule has 33 heavy (non-hydrogen) atoms. The summed E-state index contributed by atoms with van der Waals surface area (Å²) in [6.45, 7) is 0.786. The van der Waals surface area contributed by atoms with Crippen LogP contribution in [0.25, 0.3) is 0 Å². The number of nitrogens with zero attached hydrogens (tertiary/aromatic N) is 2. The van der Waals surface area contributed by atoms with E-state index in [-0.39, 0.29) is 24.3 Å². The number of carbonyl (C=O) groups excluding carboxylic acids is 2. The molecule has 3 atom stereocenters. The summed E-state index contributed by atoms with van der Waals surface area (Å²) in [5.41, 5.74) is 1.36. The Morgan fingerprint density at radius 2 is 2.15 bits per heavy atom. The average molecular weight is 561 g/mol. The van der Waals surface area contributed by atoms with Crippen molar-refractivity contribution in [2.24, 2.45) is 0 Å². The molecular weight excluding hydrogens is 542 g/mol. The number of hydrogen-bond donors (Lipinski definition) is 1. The van der Waals surface area contributed by atoms with Crippen LogP contribution in [-0.4, -0.2) is 44.3 Å². The zero-order chi connectivity index (χ0) is 23.0. The van der Waals surface area contributed by atoms with Crippen molar-refractivity contribution < 1.29 is 14.0 Å². The number of amides is 2. The van der Waals surface area contributed by atoms with Gasteiger partial charge in [-0.15, -0.1) is 0 Å². The Labute approximate surface area is 212 Å². The molecule has 3 aliphatic rings. The maximum Gasteiger partial charge on any atom is 0.251 e. The van der Waals surface area contributed by atoms with Crippen LogP contribution in [0, 0.1) is 0 Å². The SMILES string of the molecule is CN1CC(c2ccsc2)C2(SC(=S)N(Cc3ccco3)C2=O)C12C(=O)Nc1ccc(Br)cc12. The van der Waals surface area contributed by atoms with Gasteiger partial charge in [-0.1, -0.05) is 39.9 Å². The van der Waals surface area contributed by atoms with Crippen molar-refractivity contribution >= 4 is 73.1 Å². The van der Waals surface area contributed by atoms with E-state index in [0.29, 0.717) is 16.6 Å². The molecule has 2 spiro atoms. The zero-order valence-corrected chi connectivity index (χ0v) is 21.4. The van der Waals surface area contributed by atoms with Crippen molar-refractivity contribution in [3.63, 3.8) is 0 Å². The Bertz CT molecular complexity index is 1300. The third kappa shape index (κ3) is 2.72. The Morgan fingerprint density at radius 3 is 2.88 bits per heavy atom. The van der Waals surface area contributed by atoms with Crippen LogP contribution >= 0.6 is 51.2 Å². The predicted molar refractivity (Wildman–Crippen MR) is 136 cm³/mol. The summed E-state index contributed by atoms with van der Waals surface area (Å²) in [6.07, 6.45) is 1.58. The Kier molecular flexibility index (Phi) is 4.90. The van der Waals surface area contributed by atoms with Crippen LogP contribution in [-0.2, 0) is 21.7 Å². The molecule has 2 fully saturated rings. The molecule has 0 aliphatic carbocycles. The van der Waals surface area contributed by atoms with E-state index < -0.39 is 10.3 Å². The fraction of sp³-hybridized carbons (Fsp3) is 0.261. The van der Waals surface area contributed by atoms with Gasteiger partial charge < -0.3 is 9.73 Å². The van der Waals surface area contributed by atoms with Crippen molar-refractivity contribution in [2.75, 3.05) is 18.9 Å². The fourth-order valence-electron chi connectivity index (χ4n) is 5.56. The van der Waals surface area contributed by atoms with Gasteiger partial charge in [-0.25, -0.2) is 0 Å². The molecule has 6 nitrogen and oxygen atoms in total. The van der Waals surface area contributed by atoms with Crippen LogP contribution in [0.4, 0.5) is 5.69 Å². The molecule has 0 saturated carbocycles. The van der Waals surface area contributed by atoms with E-state index in [1.165, 1.54) is 11.8 Å². The number of likely N-dealkylation sites (N-methyl/N-ethyl adjacent to an activating group) is 1. The van der Waals surface area contributed by atoms with E-state index in [4.69, 9.17) is 16.6 Å². The van der Waals surface area contributed by atoms with E-state index >= 15 is 0 Å². The second kappa shape index (κ2) is 7.51. The Morgan fingerprint density at radius 1 is 1.30 bits per heavy atom. The van der Waals surface area contributed by atoms with E-state index in [2.05, 4.69) is 26.6 Å². The molecule has 6 rings (SSSR count). The molecule has 3 unspecified atom stereocenters. The highest BCUT2D eigenvalue weighted by Gasteiger charge is 2.77. The van der Waals surface area contributed by atoms with Crippen LogP contribution in [0.2, 0.25) is 0 Å². The van der Waals surface area contributed by atoms with Gasteiger partial charge in [-0.05, 0) is 59.8 Å². The molecule has 10 heteroatoms. The van der Waals surface area contributed by atoms with Crippen LogP contribution in [0.3, 0.4) is 0 Å². The molecule has 1 N–H and O–H groups in total. The van der Waals surface area contributed by atoms with E-state index in [0.717, 1.165) is 21.3 Å². The smallest absolute Gasteiger partial charge is 0.251 e. The maximum atomic E-state index is 14.5. The minimum atomic E-state index is -1.21. The van der Waals surface area contributed by atoms with Crippen LogP contribution in [0.1, 0.15) is 22.8 Å². The van der Waals surface area contributed by atoms with Gasteiger partial charge in [-0.2, -0.15) is 11.3 Å². The van der Waals surface area contributed by atoms with Gasteiger partial charge in [-0.3, -0.25) is 19.4 Å². The predicted octanol–water partition coefficient (Wildman–Crippen LogP) is 4.78. The highest BCUT2D eigenvalue weighted by molar-refractivity contribution is 9.10. The fourth-order valence-corrected chi connectivity index (χ4v) is 8.77. The van der Waals surface area contributed by atoms with Crippen molar-refractivity contribution in [1.82, 2.24) is 9.80 Å². The van der Waals surface area contributed by atoms with Crippen LogP contribution in [0.5, 0.6) is 0 Å². The number of hydrogen-bond acceptors (Lipinski definition) is 7. The van der Waals surface area contributed by atoms with Gasteiger partial charge in [0, 0.05) is 28.2 Å². The number of carbonyl (C=O) groups is 2. The minimum absolute atomic E-state index is 0.155. The lowest BCUT2D eigenvalue weighted by molar-refractivity contribution is -0.138. The van der Waals surface area contributed by atoms with Gasteiger partial charge in [0.25, 0.3) is 5.91 Å². The average Bonchev–Trinajstić information content (AvgIpc) is 3.58. The molecule has 168 valence electrons. The first-order chi connectivity index (χ1) is 15.9. The number of nitrogens with one attached hydrogen (secondary N) is 1. The number of anilines is 1. The number of furan rings is 1. The van der Waals surface area contributed by atoms with Crippen molar-refractivity contribution in [1.29, 1.82) is 0 Å². The minimum Gasteiger partial charge on any atom is -0.467 e. The lowest BCUT2D eigenvalue weighted by atomic mass is 9.72. The topological polar surface area (TPSA) is 65.8 Å². The molecule has 0 bridgehead atoms. The summed E-state index contributed by atoms with van der Waals surface area (Å²) in [6, 6.07) is 11.4. The summed E-state index contributed by atoms with van der Waals surface area (Å²) in [4.78, 5) is 32.0. The van der Waals surface area contributed by atoms with E-state index in [1.807, 2.05) is 47.7 Å². The monoisotopic (exact) mass is 559 g/mol. The van der Waals surface area contributed by atoms with Crippen molar-refractivity contribution in [2.45, 2.75) is 22.7 Å². The number of fused-ring (bicyclic) bond motifs is 3. The maximum absolute atomic E-state index is 14.5. The summed E-state index contributed by atoms with van der Waals surface area (Å²) >= 11 is 12.3. The van der Waals surface area contributed by atoms with Crippen molar-refractivity contribution in [3.8, 4) is 0 Å². The number of thiophene rings is 1. The molecule has 5 heterocycles. The van der Waals surface area contributed by atoms with Crippen LogP contribution < -0.4 is 5.32 Å². The molecule has 3 aliphatic heterocycles. The van der Waals surface area contributed by atoms with Crippen LogP contribution in [0.15, 0.2) is 62.3 Å². The second-order valence-electron chi connectivity index (χ2n) is 8.42. The molecule has 3 aromatic rings. The summed E-state index contributed by atoms with van der Waals surface area (Å²) < 4.78 is 5.68. The normalized spacial score (nSPS) is 29.0. The summed E-state index contributed by atoms with van der Waals surface area (Å²) in [5.74, 6) is 0.0769. The number of likely N-dealkylation sites (tertiary alicyclic amines) is 1. The van der Waals surface area contributed by atoms with Gasteiger partial charge in [0.15, 0.2) is 5.54 Å². The van der Waals surface area contributed by atoms with E-state index in [1.54, 1.807) is 28.6 Å². The molecule has 2 aromatic heterocycles. The van der Waals surface area contributed by atoms with Gasteiger partial charge >= 0.3 is 0 Å². The quantitative estimate of drug-likeness (QED) is 0.466. The standard InChI is InChI=1S/C23H18BrN3O3S3/c1-26-11-17(13-6-8-32-12-13)23(20(29)27(21(31)33-23)10-15-3-2-7-30-15)22(26)16-9-14(24)4-5-18(16)25-19(22)28/h2-9,12,17H,10-11H2,1H3,(H,25,28). The molecule has 0 radical (unpaired) electrons. The molecule has 1 aromatic carbocycles. The molecule has 2 saturated heterocycles. The molecular formula is C23H18BrN3O3S3. The number of thiocarbonyl (C=S) groups is 1. The van der Waals surface area contributed by atoms with Gasteiger partial charge in [0.05, 0.1) is 12.8 Å². The third-order valence-corrected chi connectivity index (χ3v) is 10.0. The number of halogens is 1. The number of benzene rings is 1. The first kappa shape index (κ1) is 21.5. The van der Waals surface area contributed by atoms with Gasteiger partial charge in [0.1, 0.15) is 14.8 Å². The first-order valence-corrected chi connectivity index (χ1v) is 13.3. The lowest BCUT2D eigenvalue weighted by Crippen LogP contribution is -2.61. The highest BCUT2D eigenvalue weighted by atomic mass is 79.9. The number of rotatable bonds is 3. The third-order valence-electron chi connectivity index (χ3n) is 6.88. The Hall–Kier alpha value is -1.98. The lowest BCUT2D eigenvalue weighted by Gasteiger charge is -2.41. The largest absolute Gasteiger partial charge is 0.467 e. The molecule has 2 amide bonds. The zero-order valence-electron chi connectivity index (χ0n) is 17.4. The summed E-state index contributed by atoms with van der Waals surface area (Å²) in [5, 5.41) is 7.14. The number of thioether (sulfide) groups is 1. The summed E-state index contributed by atoms with van der Waals surface area (Å²) in [7, 11) is 1.93.